The van der Waals surface area contributed by atoms with E-state index in [-0.39, 0.29) is 6.42 Å². The summed E-state index contributed by atoms with van der Waals surface area (Å²) in [5.41, 5.74) is 1.91. The molecule has 0 aliphatic rings. The number of alkyl halides is 3. The van der Waals surface area contributed by atoms with Crippen molar-refractivity contribution in [2.45, 2.75) is 51.7 Å². The summed E-state index contributed by atoms with van der Waals surface area (Å²) in [6.45, 7) is 3.70. The predicted molar refractivity (Wildman–Crippen MR) is 124 cm³/mol. The molecule has 0 saturated heterocycles. The fraction of sp³-hybridized carbons (Fsp3) is 0.417. The second-order valence-corrected chi connectivity index (χ2v) is 8.31. The smallest absolute Gasteiger partial charge is 0.371 e. The molecule has 2 rings (SSSR count). The van der Waals surface area contributed by atoms with Crippen LogP contribution < -0.4 is 0 Å². The number of allylic oxidation sites excluding steroid dienone is 3. The highest BCUT2D eigenvalue weighted by molar-refractivity contribution is 6.34. The summed E-state index contributed by atoms with van der Waals surface area (Å²) in [6, 6.07) is 9.28. The molecule has 2 aromatic rings. The van der Waals surface area contributed by atoms with Gasteiger partial charge in [0.2, 0.25) is 0 Å². The molecule has 1 aromatic carbocycles. The van der Waals surface area contributed by atoms with Crippen molar-refractivity contribution in [3.05, 3.63) is 82.3 Å². The summed E-state index contributed by atoms with van der Waals surface area (Å²) in [5, 5.41) is 1.11. The van der Waals surface area contributed by atoms with E-state index >= 15 is 0 Å². The molecule has 0 atom stereocenters. The van der Waals surface area contributed by atoms with Gasteiger partial charge >= 0.3 is 6.18 Å². The zero-order valence-corrected chi connectivity index (χ0v) is 19.2. The molecule has 7 heteroatoms. The Balaban J connectivity index is 2.14. The predicted octanol–water partition coefficient (Wildman–Crippen LogP) is 7.92. The van der Waals surface area contributed by atoms with E-state index in [1.807, 2.05) is 58.3 Å². The number of unbranched alkanes of at least 4 members (excludes halogenated alkanes) is 1. The van der Waals surface area contributed by atoms with Gasteiger partial charge in [-0.05, 0) is 61.2 Å². The Bertz CT molecular complexity index is 823. The van der Waals surface area contributed by atoms with Crippen molar-refractivity contribution in [1.82, 2.24) is 9.47 Å². The summed E-state index contributed by atoms with van der Waals surface area (Å²) in [7, 11) is 0. The van der Waals surface area contributed by atoms with Crippen molar-refractivity contribution in [3.8, 4) is 0 Å². The molecule has 0 N–H and O–H groups in total. The molecule has 31 heavy (non-hydrogen) atoms. The Morgan fingerprint density at radius 2 is 1.74 bits per heavy atom. The molecular weight excluding hydrogens is 444 g/mol. The molecular formula is C24H29Cl2F3N2. The van der Waals surface area contributed by atoms with Gasteiger partial charge in [-0.25, -0.2) is 0 Å². The molecule has 0 aliphatic heterocycles. The van der Waals surface area contributed by atoms with Gasteiger partial charge in [-0.2, -0.15) is 13.2 Å². The lowest BCUT2D eigenvalue weighted by molar-refractivity contribution is -0.135. The van der Waals surface area contributed by atoms with Gasteiger partial charge in [0, 0.05) is 54.2 Å². The fourth-order valence-electron chi connectivity index (χ4n) is 3.24. The highest BCUT2D eigenvalue weighted by Gasteiger charge is 2.26. The van der Waals surface area contributed by atoms with Gasteiger partial charge in [0.25, 0.3) is 0 Å². The zero-order valence-electron chi connectivity index (χ0n) is 17.7. The largest absolute Gasteiger partial charge is 0.389 e. The highest BCUT2D eigenvalue weighted by Crippen LogP contribution is 2.23. The normalized spacial score (nSPS) is 12.6. The molecule has 2 nitrogen and oxygen atoms in total. The summed E-state index contributed by atoms with van der Waals surface area (Å²) in [6.07, 6.45) is 7.68. The minimum absolute atomic E-state index is 0.0503. The first-order valence-electron chi connectivity index (χ1n) is 10.5. The van der Waals surface area contributed by atoms with Crippen LogP contribution in [0.3, 0.4) is 0 Å². The van der Waals surface area contributed by atoms with Crippen LogP contribution in [0.4, 0.5) is 13.2 Å². The van der Waals surface area contributed by atoms with Crippen molar-refractivity contribution in [1.29, 1.82) is 0 Å². The Morgan fingerprint density at radius 1 is 1.06 bits per heavy atom. The Morgan fingerprint density at radius 3 is 2.35 bits per heavy atom. The number of nitrogens with zero attached hydrogens (tertiary/aromatic N) is 2. The van der Waals surface area contributed by atoms with Crippen molar-refractivity contribution >= 4 is 23.2 Å². The molecule has 0 radical (unpaired) electrons. The maximum atomic E-state index is 12.7. The molecule has 0 fully saturated rings. The van der Waals surface area contributed by atoms with Gasteiger partial charge in [0.1, 0.15) is 0 Å². The van der Waals surface area contributed by atoms with E-state index in [4.69, 9.17) is 23.2 Å². The van der Waals surface area contributed by atoms with E-state index in [2.05, 4.69) is 13.0 Å². The standard InChI is InChI=1S/C24H29Cl2F3N2/c1-2-3-8-23(9-6-14-30-12-4-5-13-30)31(15-7-11-24(27,28)29)16-10-20-17-21(25)19-22(26)18-20/h4-6,8-9,12-13,17-19H,2-3,7,10-11,14-16H2,1H3/b9-6-,23-8+. The average Bonchev–Trinajstić information content (AvgIpc) is 3.19. The third-order valence-electron chi connectivity index (χ3n) is 4.76. The second kappa shape index (κ2) is 12.9. The van der Waals surface area contributed by atoms with Crippen molar-refractivity contribution in [3.63, 3.8) is 0 Å². The minimum Gasteiger partial charge on any atom is -0.371 e. The van der Waals surface area contributed by atoms with Crippen LogP contribution in [-0.4, -0.2) is 28.7 Å². The topological polar surface area (TPSA) is 8.17 Å². The summed E-state index contributed by atoms with van der Waals surface area (Å²) in [4.78, 5) is 2.03. The molecule has 0 aliphatic carbocycles. The number of aromatic nitrogens is 1. The fourth-order valence-corrected chi connectivity index (χ4v) is 3.81. The molecule has 1 aromatic heterocycles. The Hall–Kier alpha value is -1.85. The first-order chi connectivity index (χ1) is 14.8. The molecule has 170 valence electrons. The van der Waals surface area contributed by atoms with Crippen LogP contribution in [0.25, 0.3) is 0 Å². The number of hydrogen-bond donors (Lipinski definition) is 0. The van der Waals surface area contributed by atoms with Crippen molar-refractivity contribution in [2.24, 2.45) is 0 Å². The number of halogens is 5. The molecule has 0 bridgehead atoms. The van der Waals surface area contributed by atoms with Crippen LogP contribution in [0.5, 0.6) is 0 Å². The summed E-state index contributed by atoms with van der Waals surface area (Å²) in [5.74, 6) is 0. The van der Waals surface area contributed by atoms with E-state index in [1.165, 1.54) is 0 Å². The van der Waals surface area contributed by atoms with E-state index in [0.29, 0.717) is 36.1 Å². The lowest BCUT2D eigenvalue weighted by Crippen LogP contribution is -2.27. The van der Waals surface area contributed by atoms with Gasteiger partial charge in [0.05, 0.1) is 0 Å². The van der Waals surface area contributed by atoms with Crippen LogP contribution in [0.15, 0.2) is 66.7 Å². The molecule has 0 spiro atoms. The second-order valence-electron chi connectivity index (χ2n) is 7.43. The number of benzene rings is 1. The van der Waals surface area contributed by atoms with Crippen LogP contribution in [0.1, 0.15) is 38.2 Å². The third-order valence-corrected chi connectivity index (χ3v) is 5.20. The summed E-state index contributed by atoms with van der Waals surface area (Å²) < 4.78 is 40.2. The average molecular weight is 473 g/mol. The number of rotatable bonds is 12. The van der Waals surface area contributed by atoms with E-state index in [9.17, 15) is 13.2 Å². The minimum atomic E-state index is -4.15. The van der Waals surface area contributed by atoms with Gasteiger partial charge in [-0.1, -0.05) is 48.7 Å². The van der Waals surface area contributed by atoms with Crippen LogP contribution in [-0.2, 0) is 13.0 Å². The lowest BCUT2D eigenvalue weighted by atomic mass is 10.1. The lowest BCUT2D eigenvalue weighted by Gasteiger charge is -2.27. The van der Waals surface area contributed by atoms with Crippen LogP contribution in [0, 0.1) is 0 Å². The maximum absolute atomic E-state index is 12.7. The van der Waals surface area contributed by atoms with Gasteiger partial charge in [0.15, 0.2) is 0 Å². The monoisotopic (exact) mass is 472 g/mol. The quantitative estimate of drug-likeness (QED) is 0.284. The first kappa shape index (κ1) is 25.4. The summed E-state index contributed by atoms with van der Waals surface area (Å²) >= 11 is 12.2. The van der Waals surface area contributed by atoms with Gasteiger partial charge < -0.3 is 9.47 Å². The number of hydrogen-bond acceptors (Lipinski definition) is 1. The molecule has 0 unspecified atom stereocenters. The maximum Gasteiger partial charge on any atom is 0.389 e. The Labute approximate surface area is 193 Å². The third kappa shape index (κ3) is 10.3. The highest BCUT2D eigenvalue weighted by atomic mass is 35.5. The van der Waals surface area contributed by atoms with Crippen molar-refractivity contribution < 1.29 is 13.2 Å². The van der Waals surface area contributed by atoms with Gasteiger partial charge in [-0.15, -0.1) is 0 Å². The Kier molecular flexibility index (Phi) is 10.6. The van der Waals surface area contributed by atoms with E-state index in [0.717, 1.165) is 24.1 Å². The molecule has 0 saturated carbocycles. The molecule has 0 amide bonds. The van der Waals surface area contributed by atoms with Crippen LogP contribution in [0.2, 0.25) is 10.0 Å². The van der Waals surface area contributed by atoms with Crippen molar-refractivity contribution in [2.75, 3.05) is 13.1 Å². The molecule has 1 heterocycles. The van der Waals surface area contributed by atoms with E-state index < -0.39 is 12.6 Å². The first-order valence-corrected chi connectivity index (χ1v) is 11.3. The zero-order chi connectivity index (χ0) is 22.7. The van der Waals surface area contributed by atoms with E-state index in [1.54, 1.807) is 6.07 Å². The SMILES string of the molecule is CCC/C=C(\C=C/Cn1cccc1)N(CCCC(F)(F)F)CCc1cc(Cl)cc(Cl)c1. The van der Waals surface area contributed by atoms with Gasteiger partial charge in [-0.3, -0.25) is 0 Å². The van der Waals surface area contributed by atoms with Crippen LogP contribution >= 0.6 is 23.2 Å².